The van der Waals surface area contributed by atoms with E-state index in [0.717, 1.165) is 11.1 Å². The van der Waals surface area contributed by atoms with E-state index in [9.17, 15) is 9.18 Å². The smallest absolute Gasteiger partial charge is 0.225 e. The van der Waals surface area contributed by atoms with Gasteiger partial charge < -0.3 is 5.32 Å². The minimum absolute atomic E-state index is 0.120. The van der Waals surface area contributed by atoms with E-state index >= 15 is 0 Å². The molecule has 3 rings (SSSR count). The van der Waals surface area contributed by atoms with Crippen LogP contribution < -0.4 is 5.32 Å². The third-order valence-electron chi connectivity index (χ3n) is 3.90. The summed E-state index contributed by atoms with van der Waals surface area (Å²) in [5.41, 5.74) is 2.54. The van der Waals surface area contributed by atoms with Gasteiger partial charge >= 0.3 is 0 Å². The summed E-state index contributed by atoms with van der Waals surface area (Å²) in [5, 5.41) is 3.67. The van der Waals surface area contributed by atoms with Crippen LogP contribution in [0.1, 0.15) is 22.7 Å². The Balaban J connectivity index is 1.82. The van der Waals surface area contributed by atoms with E-state index in [-0.39, 0.29) is 24.2 Å². The Morgan fingerprint density at radius 2 is 1.60 bits per heavy atom. The van der Waals surface area contributed by atoms with Gasteiger partial charge in [0.15, 0.2) is 0 Å². The average Bonchev–Trinajstić information content (AvgIpc) is 2.61. The van der Waals surface area contributed by atoms with Crippen LogP contribution in [0.15, 0.2) is 78.9 Å². The number of carbonyl (C=O) groups is 1. The van der Waals surface area contributed by atoms with E-state index in [0.29, 0.717) is 10.6 Å². The Morgan fingerprint density at radius 1 is 0.920 bits per heavy atom. The fourth-order valence-corrected chi connectivity index (χ4v) is 2.83. The number of halogens is 2. The molecule has 3 aromatic carbocycles. The monoisotopic (exact) mass is 353 g/mol. The van der Waals surface area contributed by atoms with E-state index in [4.69, 9.17) is 11.6 Å². The van der Waals surface area contributed by atoms with E-state index in [2.05, 4.69) is 5.32 Å². The van der Waals surface area contributed by atoms with Crippen molar-refractivity contribution in [2.75, 3.05) is 0 Å². The zero-order valence-corrected chi connectivity index (χ0v) is 14.2. The molecular formula is C21H17ClFNO. The maximum Gasteiger partial charge on any atom is 0.225 e. The largest absolute Gasteiger partial charge is 0.345 e. The summed E-state index contributed by atoms with van der Waals surface area (Å²) >= 11 is 5.97. The SMILES string of the molecule is O=C(Cc1cccc(F)c1)NC(c1ccccc1)c1ccc(Cl)cc1. The molecule has 0 fully saturated rings. The Morgan fingerprint density at radius 3 is 2.28 bits per heavy atom. The maximum atomic E-state index is 13.3. The Labute approximate surface area is 151 Å². The van der Waals surface area contributed by atoms with E-state index in [1.807, 2.05) is 42.5 Å². The minimum atomic E-state index is -0.345. The van der Waals surface area contributed by atoms with E-state index < -0.39 is 0 Å². The van der Waals surface area contributed by atoms with Gasteiger partial charge in [-0.3, -0.25) is 4.79 Å². The van der Waals surface area contributed by atoms with Crippen LogP contribution in [0.4, 0.5) is 4.39 Å². The summed E-state index contributed by atoms with van der Waals surface area (Å²) in [5.74, 6) is -0.517. The van der Waals surface area contributed by atoms with Gasteiger partial charge in [0.25, 0.3) is 0 Å². The van der Waals surface area contributed by atoms with Crippen molar-refractivity contribution in [1.29, 1.82) is 0 Å². The number of hydrogen-bond acceptors (Lipinski definition) is 1. The molecular weight excluding hydrogens is 337 g/mol. The van der Waals surface area contributed by atoms with Crippen LogP contribution in [-0.4, -0.2) is 5.91 Å². The first-order valence-electron chi connectivity index (χ1n) is 7.96. The average molecular weight is 354 g/mol. The summed E-state index contributed by atoms with van der Waals surface area (Å²) in [6.07, 6.45) is 0.120. The molecule has 1 unspecified atom stereocenters. The van der Waals surface area contributed by atoms with Crippen molar-refractivity contribution >= 4 is 17.5 Å². The van der Waals surface area contributed by atoms with Crippen LogP contribution in [0.25, 0.3) is 0 Å². The summed E-state index contributed by atoms with van der Waals surface area (Å²) in [7, 11) is 0. The third-order valence-corrected chi connectivity index (χ3v) is 4.15. The van der Waals surface area contributed by atoms with Crippen LogP contribution >= 0.6 is 11.6 Å². The second-order valence-electron chi connectivity index (χ2n) is 5.77. The normalized spacial score (nSPS) is 11.8. The van der Waals surface area contributed by atoms with Crippen molar-refractivity contribution in [3.63, 3.8) is 0 Å². The zero-order valence-electron chi connectivity index (χ0n) is 13.5. The second kappa shape index (κ2) is 7.95. The van der Waals surface area contributed by atoms with Gasteiger partial charge in [0, 0.05) is 5.02 Å². The van der Waals surface area contributed by atoms with Crippen LogP contribution in [-0.2, 0) is 11.2 Å². The molecule has 0 aromatic heterocycles. The van der Waals surface area contributed by atoms with Gasteiger partial charge in [-0.2, -0.15) is 0 Å². The lowest BCUT2D eigenvalue weighted by atomic mass is 9.98. The summed E-state index contributed by atoms with van der Waals surface area (Å²) in [4.78, 5) is 12.5. The van der Waals surface area contributed by atoms with Crippen LogP contribution in [0.2, 0.25) is 5.02 Å². The fraction of sp³-hybridized carbons (Fsp3) is 0.0952. The number of nitrogens with one attached hydrogen (secondary N) is 1. The second-order valence-corrected chi connectivity index (χ2v) is 6.21. The van der Waals surface area contributed by atoms with Gasteiger partial charge in [-0.05, 0) is 41.0 Å². The standard InChI is InChI=1S/C21H17ClFNO/c22-18-11-9-17(10-12-18)21(16-6-2-1-3-7-16)24-20(25)14-15-5-4-8-19(23)13-15/h1-13,21H,14H2,(H,24,25). The van der Waals surface area contributed by atoms with Crippen LogP contribution in [0, 0.1) is 5.82 Å². The van der Waals surface area contributed by atoms with Crippen molar-refractivity contribution in [3.05, 3.63) is 106 Å². The number of amides is 1. The maximum absolute atomic E-state index is 13.3. The highest BCUT2D eigenvalue weighted by atomic mass is 35.5. The Kier molecular flexibility index (Phi) is 5.46. The molecule has 25 heavy (non-hydrogen) atoms. The zero-order chi connectivity index (χ0) is 17.6. The quantitative estimate of drug-likeness (QED) is 0.692. The molecule has 0 heterocycles. The summed E-state index contributed by atoms with van der Waals surface area (Å²) < 4.78 is 13.3. The van der Waals surface area contributed by atoms with Gasteiger partial charge in [0.05, 0.1) is 12.5 Å². The summed E-state index contributed by atoms with van der Waals surface area (Å²) in [6, 6.07) is 22.9. The molecule has 4 heteroatoms. The Bertz CT molecular complexity index is 849. The number of carbonyl (C=O) groups excluding carboxylic acids is 1. The van der Waals surface area contributed by atoms with Crippen molar-refractivity contribution < 1.29 is 9.18 Å². The third kappa shape index (κ3) is 4.68. The highest BCUT2D eigenvalue weighted by Gasteiger charge is 2.17. The van der Waals surface area contributed by atoms with E-state index in [1.165, 1.54) is 12.1 Å². The lowest BCUT2D eigenvalue weighted by Crippen LogP contribution is -2.30. The van der Waals surface area contributed by atoms with Crippen molar-refractivity contribution in [3.8, 4) is 0 Å². The molecule has 0 bridgehead atoms. The van der Waals surface area contributed by atoms with Crippen molar-refractivity contribution in [2.45, 2.75) is 12.5 Å². The van der Waals surface area contributed by atoms with Crippen LogP contribution in [0.5, 0.6) is 0 Å². The molecule has 0 spiro atoms. The molecule has 0 aliphatic rings. The van der Waals surface area contributed by atoms with Gasteiger partial charge in [0.2, 0.25) is 5.91 Å². The molecule has 126 valence electrons. The lowest BCUT2D eigenvalue weighted by Gasteiger charge is -2.20. The first kappa shape index (κ1) is 17.2. The molecule has 0 radical (unpaired) electrons. The molecule has 1 atom stereocenters. The minimum Gasteiger partial charge on any atom is -0.345 e. The molecule has 0 aliphatic carbocycles. The first-order chi connectivity index (χ1) is 12.1. The molecule has 1 amide bonds. The van der Waals surface area contributed by atoms with Crippen LogP contribution in [0.3, 0.4) is 0 Å². The van der Waals surface area contributed by atoms with Gasteiger partial charge in [-0.1, -0.05) is 66.2 Å². The number of rotatable bonds is 5. The van der Waals surface area contributed by atoms with Gasteiger partial charge in [-0.15, -0.1) is 0 Å². The molecule has 1 N–H and O–H groups in total. The topological polar surface area (TPSA) is 29.1 Å². The molecule has 0 saturated heterocycles. The highest BCUT2D eigenvalue weighted by molar-refractivity contribution is 6.30. The molecule has 0 saturated carbocycles. The fourth-order valence-electron chi connectivity index (χ4n) is 2.70. The van der Waals surface area contributed by atoms with Crippen molar-refractivity contribution in [2.24, 2.45) is 0 Å². The highest BCUT2D eigenvalue weighted by Crippen LogP contribution is 2.23. The predicted molar refractivity (Wildman–Crippen MR) is 98.0 cm³/mol. The van der Waals surface area contributed by atoms with Gasteiger partial charge in [-0.25, -0.2) is 4.39 Å². The molecule has 2 nitrogen and oxygen atoms in total. The van der Waals surface area contributed by atoms with Gasteiger partial charge in [0.1, 0.15) is 5.82 Å². The van der Waals surface area contributed by atoms with E-state index in [1.54, 1.807) is 24.3 Å². The number of benzene rings is 3. The predicted octanol–water partition coefficient (Wildman–Crippen LogP) is 4.93. The number of hydrogen-bond donors (Lipinski definition) is 1. The summed E-state index contributed by atoms with van der Waals surface area (Å²) in [6.45, 7) is 0. The lowest BCUT2D eigenvalue weighted by molar-refractivity contribution is -0.120. The molecule has 3 aromatic rings. The van der Waals surface area contributed by atoms with Crippen molar-refractivity contribution in [1.82, 2.24) is 5.32 Å². The Hall–Kier alpha value is -2.65. The molecule has 0 aliphatic heterocycles. The first-order valence-corrected chi connectivity index (χ1v) is 8.34.